The van der Waals surface area contributed by atoms with Gasteiger partial charge in [-0.2, -0.15) is 0 Å². The smallest absolute Gasteiger partial charge is 0.226 e. The zero-order valence-corrected chi connectivity index (χ0v) is 17.1. The van der Waals surface area contributed by atoms with Gasteiger partial charge in [0.25, 0.3) is 0 Å². The van der Waals surface area contributed by atoms with E-state index in [1.807, 2.05) is 29.2 Å². The number of hydrogen-bond acceptors (Lipinski definition) is 3. The SMILES string of the molecule is COc1ccc(CC(=O)N2CCC(NC(=O)CCC3CCCCC3)CC2)cc1. The second-order valence-electron chi connectivity index (χ2n) is 8.29. The van der Waals surface area contributed by atoms with Gasteiger partial charge in [-0.25, -0.2) is 0 Å². The summed E-state index contributed by atoms with van der Waals surface area (Å²) in [5, 5.41) is 3.19. The van der Waals surface area contributed by atoms with Gasteiger partial charge in [0.1, 0.15) is 5.75 Å². The number of benzene rings is 1. The lowest BCUT2D eigenvalue weighted by atomic mass is 9.86. The van der Waals surface area contributed by atoms with Crippen molar-refractivity contribution in [1.82, 2.24) is 10.2 Å². The molecule has 2 amide bonds. The first-order valence-corrected chi connectivity index (χ1v) is 10.8. The quantitative estimate of drug-likeness (QED) is 0.777. The van der Waals surface area contributed by atoms with Crippen LogP contribution in [0.25, 0.3) is 0 Å². The first-order valence-electron chi connectivity index (χ1n) is 10.8. The molecule has 0 bridgehead atoms. The monoisotopic (exact) mass is 386 g/mol. The highest BCUT2D eigenvalue weighted by atomic mass is 16.5. The van der Waals surface area contributed by atoms with Gasteiger partial charge in [0.05, 0.1) is 13.5 Å². The Morgan fingerprint density at radius 3 is 2.36 bits per heavy atom. The van der Waals surface area contributed by atoms with E-state index in [0.29, 0.717) is 12.8 Å². The maximum absolute atomic E-state index is 12.5. The number of amides is 2. The topological polar surface area (TPSA) is 58.6 Å². The molecule has 1 aromatic rings. The molecule has 1 saturated carbocycles. The second-order valence-corrected chi connectivity index (χ2v) is 8.29. The third kappa shape index (κ3) is 6.25. The summed E-state index contributed by atoms with van der Waals surface area (Å²) >= 11 is 0. The fourth-order valence-corrected chi connectivity index (χ4v) is 4.41. The summed E-state index contributed by atoms with van der Waals surface area (Å²) in [7, 11) is 1.64. The Hall–Kier alpha value is -2.04. The molecule has 3 rings (SSSR count). The Labute approximate surface area is 168 Å². The molecule has 1 aliphatic heterocycles. The van der Waals surface area contributed by atoms with Crippen molar-refractivity contribution in [3.63, 3.8) is 0 Å². The Morgan fingerprint density at radius 1 is 1.04 bits per heavy atom. The number of nitrogens with one attached hydrogen (secondary N) is 1. The molecule has 1 aromatic carbocycles. The lowest BCUT2D eigenvalue weighted by molar-refractivity contribution is -0.131. The van der Waals surface area contributed by atoms with Crippen molar-refractivity contribution >= 4 is 11.8 Å². The third-order valence-electron chi connectivity index (χ3n) is 6.23. The summed E-state index contributed by atoms with van der Waals surface area (Å²) in [4.78, 5) is 26.7. The van der Waals surface area contributed by atoms with Crippen LogP contribution >= 0.6 is 0 Å². The minimum atomic E-state index is 0.159. The van der Waals surface area contributed by atoms with E-state index < -0.39 is 0 Å². The molecule has 2 fully saturated rings. The highest BCUT2D eigenvalue weighted by molar-refractivity contribution is 5.79. The Balaban J connectivity index is 1.35. The normalized spacial score (nSPS) is 18.7. The first kappa shape index (κ1) is 20.7. The highest BCUT2D eigenvalue weighted by Gasteiger charge is 2.24. The lowest BCUT2D eigenvalue weighted by Crippen LogP contribution is -2.47. The molecule has 1 heterocycles. The van der Waals surface area contributed by atoms with Crippen molar-refractivity contribution < 1.29 is 14.3 Å². The summed E-state index contributed by atoms with van der Waals surface area (Å²) in [5.41, 5.74) is 1.00. The van der Waals surface area contributed by atoms with Crippen LogP contribution in [0.3, 0.4) is 0 Å². The van der Waals surface area contributed by atoms with Crippen molar-refractivity contribution in [3.05, 3.63) is 29.8 Å². The van der Waals surface area contributed by atoms with Crippen LogP contribution in [0.5, 0.6) is 5.75 Å². The Morgan fingerprint density at radius 2 is 1.71 bits per heavy atom. The molecule has 5 nitrogen and oxygen atoms in total. The number of likely N-dealkylation sites (tertiary alicyclic amines) is 1. The number of carbonyl (C=O) groups excluding carboxylic acids is 2. The number of methoxy groups -OCH3 is 1. The van der Waals surface area contributed by atoms with Crippen LogP contribution in [0.4, 0.5) is 0 Å². The molecule has 0 spiro atoms. The minimum Gasteiger partial charge on any atom is -0.497 e. The van der Waals surface area contributed by atoms with Gasteiger partial charge in [-0.1, -0.05) is 44.2 Å². The lowest BCUT2D eigenvalue weighted by Gasteiger charge is -2.32. The number of nitrogens with zero attached hydrogens (tertiary/aromatic N) is 1. The van der Waals surface area contributed by atoms with Gasteiger partial charge in [-0.15, -0.1) is 0 Å². The maximum Gasteiger partial charge on any atom is 0.226 e. The second kappa shape index (κ2) is 10.5. The molecule has 2 aliphatic rings. The summed E-state index contributed by atoms with van der Waals surface area (Å²) in [6.45, 7) is 1.45. The first-order chi connectivity index (χ1) is 13.6. The predicted molar refractivity (Wildman–Crippen MR) is 110 cm³/mol. The average molecular weight is 387 g/mol. The van der Waals surface area contributed by atoms with E-state index in [9.17, 15) is 9.59 Å². The van der Waals surface area contributed by atoms with Crippen LogP contribution in [0.15, 0.2) is 24.3 Å². The summed E-state index contributed by atoms with van der Waals surface area (Å²) in [6, 6.07) is 7.87. The molecule has 0 atom stereocenters. The van der Waals surface area contributed by atoms with Crippen LogP contribution < -0.4 is 10.1 Å². The van der Waals surface area contributed by atoms with Gasteiger partial charge < -0.3 is 15.0 Å². The third-order valence-corrected chi connectivity index (χ3v) is 6.23. The molecule has 1 saturated heterocycles. The molecule has 0 unspecified atom stereocenters. The zero-order chi connectivity index (χ0) is 19.8. The predicted octanol–water partition coefficient (Wildman–Crippen LogP) is 3.71. The number of rotatable bonds is 7. The minimum absolute atomic E-state index is 0.159. The molecular weight excluding hydrogens is 352 g/mol. The van der Waals surface area contributed by atoms with Crippen molar-refractivity contribution in [2.24, 2.45) is 5.92 Å². The van der Waals surface area contributed by atoms with Gasteiger partial charge in [-0.3, -0.25) is 9.59 Å². The van der Waals surface area contributed by atoms with Gasteiger partial charge in [0, 0.05) is 25.6 Å². The summed E-state index contributed by atoms with van der Waals surface area (Å²) < 4.78 is 5.16. The van der Waals surface area contributed by atoms with Gasteiger partial charge in [-0.05, 0) is 42.9 Å². The Bertz CT molecular complexity index is 630. The molecular formula is C23H34N2O3. The molecule has 1 N–H and O–H groups in total. The molecule has 0 radical (unpaired) electrons. The summed E-state index contributed by atoms with van der Waals surface area (Å²) in [5.74, 6) is 1.90. The van der Waals surface area contributed by atoms with Gasteiger partial charge in [0.15, 0.2) is 0 Å². The Kier molecular flexibility index (Phi) is 7.75. The van der Waals surface area contributed by atoms with E-state index >= 15 is 0 Å². The van der Waals surface area contributed by atoms with Crippen molar-refractivity contribution in [3.8, 4) is 5.75 Å². The zero-order valence-electron chi connectivity index (χ0n) is 17.1. The number of ether oxygens (including phenoxy) is 1. The highest BCUT2D eigenvalue weighted by Crippen LogP contribution is 2.27. The summed E-state index contributed by atoms with van der Waals surface area (Å²) in [6.07, 6.45) is 10.4. The molecule has 5 heteroatoms. The standard InChI is InChI=1S/C23H34N2O3/c1-28-21-10-7-19(8-11-21)17-23(27)25-15-13-20(14-16-25)24-22(26)12-9-18-5-3-2-4-6-18/h7-8,10-11,18,20H,2-6,9,12-17H2,1H3,(H,24,26). The fraction of sp³-hybridized carbons (Fsp3) is 0.652. The maximum atomic E-state index is 12.5. The van der Waals surface area contributed by atoms with E-state index in [-0.39, 0.29) is 17.9 Å². The molecule has 28 heavy (non-hydrogen) atoms. The molecule has 1 aliphatic carbocycles. The van der Waals surface area contributed by atoms with E-state index in [1.165, 1.54) is 32.1 Å². The van der Waals surface area contributed by atoms with Crippen LogP contribution in [0.2, 0.25) is 0 Å². The van der Waals surface area contributed by atoms with Crippen LogP contribution in [-0.2, 0) is 16.0 Å². The fourth-order valence-electron chi connectivity index (χ4n) is 4.41. The van der Waals surface area contributed by atoms with Crippen molar-refractivity contribution in [2.45, 2.75) is 70.3 Å². The van der Waals surface area contributed by atoms with Crippen molar-refractivity contribution in [1.29, 1.82) is 0 Å². The molecule has 0 aromatic heterocycles. The van der Waals surface area contributed by atoms with E-state index in [1.54, 1.807) is 7.11 Å². The number of hydrogen-bond donors (Lipinski definition) is 1. The van der Waals surface area contributed by atoms with Crippen LogP contribution in [-0.4, -0.2) is 43.0 Å². The van der Waals surface area contributed by atoms with Gasteiger partial charge in [0.2, 0.25) is 11.8 Å². The largest absolute Gasteiger partial charge is 0.497 e. The van der Waals surface area contributed by atoms with Crippen LogP contribution in [0, 0.1) is 5.92 Å². The average Bonchev–Trinajstić information content (AvgIpc) is 2.74. The van der Waals surface area contributed by atoms with Gasteiger partial charge >= 0.3 is 0 Å². The number of carbonyl (C=O) groups is 2. The molecule has 154 valence electrons. The van der Waals surface area contributed by atoms with E-state index in [0.717, 1.165) is 49.6 Å². The van der Waals surface area contributed by atoms with E-state index in [2.05, 4.69) is 5.32 Å². The van der Waals surface area contributed by atoms with Crippen LogP contribution in [0.1, 0.15) is 63.4 Å². The van der Waals surface area contributed by atoms with E-state index in [4.69, 9.17) is 4.74 Å². The number of piperidine rings is 1. The van der Waals surface area contributed by atoms with Crippen molar-refractivity contribution in [2.75, 3.05) is 20.2 Å².